The molecule has 134 valence electrons. The predicted octanol–water partition coefficient (Wildman–Crippen LogP) is 2.96. The number of likely N-dealkylation sites (tertiary alicyclic amines) is 1. The van der Waals surface area contributed by atoms with Gasteiger partial charge in [-0.25, -0.2) is 0 Å². The molecule has 0 spiro atoms. The Hall–Kier alpha value is -2.50. The highest BCUT2D eigenvalue weighted by Crippen LogP contribution is 2.26. The van der Waals surface area contributed by atoms with Gasteiger partial charge in [-0.2, -0.15) is 0 Å². The molecular weight excluding hydrogens is 320 g/mol. The van der Waals surface area contributed by atoms with Crippen LogP contribution in [0.15, 0.2) is 24.4 Å². The number of carboxylic acids is 1. The summed E-state index contributed by atoms with van der Waals surface area (Å²) in [4.78, 5) is 28.8. The molecule has 3 rings (SSSR count). The molecule has 0 radical (unpaired) electrons. The van der Waals surface area contributed by atoms with Gasteiger partial charge in [0.1, 0.15) is 5.75 Å². The van der Waals surface area contributed by atoms with Gasteiger partial charge in [0, 0.05) is 36.1 Å². The van der Waals surface area contributed by atoms with Crippen LogP contribution in [0.4, 0.5) is 0 Å². The average molecular weight is 344 g/mol. The Balaban J connectivity index is 1.75. The van der Waals surface area contributed by atoms with Crippen LogP contribution in [0, 0.1) is 0 Å². The maximum absolute atomic E-state index is 12.9. The highest BCUT2D eigenvalue weighted by Gasteiger charge is 2.27. The van der Waals surface area contributed by atoms with Gasteiger partial charge >= 0.3 is 5.97 Å². The van der Waals surface area contributed by atoms with E-state index in [0.29, 0.717) is 12.8 Å². The second kappa shape index (κ2) is 7.59. The number of aromatic amines is 1. The summed E-state index contributed by atoms with van der Waals surface area (Å²) in [6.45, 7) is 0.717. The molecule has 1 fully saturated rings. The summed E-state index contributed by atoms with van der Waals surface area (Å²) in [6, 6.07) is 5.81. The van der Waals surface area contributed by atoms with Gasteiger partial charge in [-0.3, -0.25) is 9.59 Å². The Bertz CT molecular complexity index is 768. The van der Waals surface area contributed by atoms with Gasteiger partial charge in [0.25, 0.3) is 0 Å². The van der Waals surface area contributed by atoms with Gasteiger partial charge in [-0.15, -0.1) is 0 Å². The lowest BCUT2D eigenvalue weighted by Crippen LogP contribution is -2.44. The molecule has 0 saturated carbocycles. The number of amides is 1. The molecule has 0 bridgehead atoms. The normalized spacial score (nSPS) is 17.6. The fraction of sp³-hybridized carbons (Fsp3) is 0.474. The molecular formula is C19H24N2O4. The maximum atomic E-state index is 12.9. The van der Waals surface area contributed by atoms with Gasteiger partial charge in [0.2, 0.25) is 5.91 Å². The fourth-order valence-corrected chi connectivity index (χ4v) is 3.61. The Kier molecular flexibility index (Phi) is 5.26. The molecule has 2 N–H and O–H groups in total. The second-order valence-corrected chi connectivity index (χ2v) is 6.57. The van der Waals surface area contributed by atoms with Crippen molar-refractivity contribution in [1.29, 1.82) is 0 Å². The van der Waals surface area contributed by atoms with Crippen LogP contribution in [0.25, 0.3) is 10.9 Å². The first-order valence-corrected chi connectivity index (χ1v) is 8.73. The number of carbonyl (C=O) groups is 2. The molecule has 2 aromatic rings. The van der Waals surface area contributed by atoms with E-state index in [0.717, 1.165) is 48.0 Å². The predicted molar refractivity (Wildman–Crippen MR) is 94.8 cm³/mol. The Morgan fingerprint density at radius 3 is 2.96 bits per heavy atom. The highest BCUT2D eigenvalue weighted by atomic mass is 16.5. The van der Waals surface area contributed by atoms with Crippen molar-refractivity contribution < 1.29 is 19.4 Å². The number of aromatic nitrogens is 1. The minimum absolute atomic E-state index is 0.0390. The number of aliphatic carboxylic acids is 1. The molecule has 0 aliphatic carbocycles. The van der Waals surface area contributed by atoms with Gasteiger partial charge in [-0.1, -0.05) is 0 Å². The van der Waals surface area contributed by atoms with Gasteiger partial charge < -0.3 is 19.7 Å². The van der Waals surface area contributed by atoms with Crippen molar-refractivity contribution in [3.05, 3.63) is 30.0 Å². The fourth-order valence-electron chi connectivity index (χ4n) is 3.61. The topological polar surface area (TPSA) is 82.6 Å². The summed E-state index contributed by atoms with van der Waals surface area (Å²) in [7, 11) is 1.62. The lowest BCUT2D eigenvalue weighted by molar-refractivity contribution is -0.139. The van der Waals surface area contributed by atoms with E-state index in [1.165, 1.54) is 0 Å². The summed E-state index contributed by atoms with van der Waals surface area (Å²) in [6.07, 6.45) is 5.76. The number of methoxy groups -OCH3 is 1. The first kappa shape index (κ1) is 17.3. The minimum Gasteiger partial charge on any atom is -0.497 e. The zero-order valence-electron chi connectivity index (χ0n) is 14.5. The monoisotopic (exact) mass is 344 g/mol. The SMILES string of the molecule is COc1ccc2[nH]cc(CC(=O)N3CCCCC3CCC(=O)O)c2c1. The lowest BCUT2D eigenvalue weighted by atomic mass is 9.97. The third kappa shape index (κ3) is 3.95. The Labute approximate surface area is 146 Å². The van der Waals surface area contributed by atoms with Gasteiger partial charge in [-0.05, 0) is 49.4 Å². The van der Waals surface area contributed by atoms with Crippen molar-refractivity contribution >= 4 is 22.8 Å². The van der Waals surface area contributed by atoms with Crippen molar-refractivity contribution in [1.82, 2.24) is 9.88 Å². The molecule has 1 aromatic heterocycles. The number of piperidine rings is 1. The van der Waals surface area contributed by atoms with E-state index >= 15 is 0 Å². The lowest BCUT2D eigenvalue weighted by Gasteiger charge is -2.35. The third-order valence-electron chi connectivity index (χ3n) is 4.96. The van der Waals surface area contributed by atoms with Crippen LogP contribution in [0.1, 0.15) is 37.7 Å². The maximum Gasteiger partial charge on any atom is 0.303 e. The van der Waals surface area contributed by atoms with Crippen LogP contribution in [0.5, 0.6) is 5.75 Å². The smallest absolute Gasteiger partial charge is 0.303 e. The molecule has 6 nitrogen and oxygen atoms in total. The van der Waals surface area contributed by atoms with Crippen molar-refractivity contribution in [2.75, 3.05) is 13.7 Å². The number of hydrogen-bond donors (Lipinski definition) is 2. The van der Waals surface area contributed by atoms with E-state index in [4.69, 9.17) is 9.84 Å². The number of carboxylic acid groups (broad SMARTS) is 1. The van der Waals surface area contributed by atoms with Crippen molar-refractivity contribution in [2.24, 2.45) is 0 Å². The van der Waals surface area contributed by atoms with E-state index in [1.54, 1.807) is 7.11 Å². The van der Waals surface area contributed by atoms with E-state index in [-0.39, 0.29) is 18.4 Å². The molecule has 1 amide bonds. The van der Waals surface area contributed by atoms with Crippen LogP contribution in [-0.2, 0) is 16.0 Å². The van der Waals surface area contributed by atoms with E-state index in [9.17, 15) is 9.59 Å². The zero-order valence-corrected chi connectivity index (χ0v) is 14.5. The molecule has 1 aliphatic rings. The molecule has 1 unspecified atom stereocenters. The standard InChI is InChI=1S/C19H24N2O4/c1-25-15-6-7-17-16(11-15)13(12-20-17)10-18(22)21-9-3-2-4-14(21)5-8-19(23)24/h6-7,11-12,14,20H,2-5,8-10H2,1H3,(H,23,24). The first-order valence-electron chi connectivity index (χ1n) is 8.73. The molecule has 1 saturated heterocycles. The number of ether oxygens (including phenoxy) is 1. The van der Waals surface area contributed by atoms with E-state index < -0.39 is 5.97 Å². The number of benzene rings is 1. The molecule has 1 aliphatic heterocycles. The van der Waals surface area contributed by atoms with Crippen molar-refractivity contribution in [3.63, 3.8) is 0 Å². The third-order valence-corrected chi connectivity index (χ3v) is 4.96. The number of fused-ring (bicyclic) bond motifs is 1. The second-order valence-electron chi connectivity index (χ2n) is 6.57. The van der Waals surface area contributed by atoms with Crippen LogP contribution < -0.4 is 4.74 Å². The number of hydrogen-bond acceptors (Lipinski definition) is 3. The largest absolute Gasteiger partial charge is 0.497 e. The summed E-state index contributed by atoms with van der Waals surface area (Å²) in [5.41, 5.74) is 1.92. The summed E-state index contributed by atoms with van der Waals surface area (Å²) in [5, 5.41) is 9.92. The minimum atomic E-state index is -0.804. The number of H-pyrrole nitrogens is 1. The van der Waals surface area contributed by atoms with Crippen LogP contribution in [0.2, 0.25) is 0 Å². The van der Waals surface area contributed by atoms with E-state index in [2.05, 4.69) is 4.98 Å². The van der Waals surface area contributed by atoms with Crippen LogP contribution in [-0.4, -0.2) is 46.6 Å². The first-order chi connectivity index (χ1) is 12.1. The number of rotatable bonds is 6. The molecule has 1 aromatic carbocycles. The van der Waals surface area contributed by atoms with Crippen molar-refractivity contribution in [2.45, 2.75) is 44.6 Å². The number of carbonyl (C=O) groups excluding carboxylic acids is 1. The molecule has 25 heavy (non-hydrogen) atoms. The Morgan fingerprint density at radius 2 is 2.20 bits per heavy atom. The molecule has 6 heteroatoms. The summed E-state index contributed by atoms with van der Waals surface area (Å²) in [5.74, 6) is 0.0265. The number of nitrogens with one attached hydrogen (secondary N) is 1. The molecule has 1 atom stereocenters. The average Bonchev–Trinajstić information content (AvgIpc) is 3.02. The Morgan fingerprint density at radius 1 is 1.36 bits per heavy atom. The quantitative estimate of drug-likeness (QED) is 0.844. The van der Waals surface area contributed by atoms with E-state index in [1.807, 2.05) is 29.3 Å². The highest BCUT2D eigenvalue weighted by molar-refractivity contribution is 5.90. The number of nitrogens with zero attached hydrogens (tertiary/aromatic N) is 1. The van der Waals surface area contributed by atoms with Crippen molar-refractivity contribution in [3.8, 4) is 5.75 Å². The van der Waals surface area contributed by atoms with Gasteiger partial charge in [0.15, 0.2) is 0 Å². The van der Waals surface area contributed by atoms with Crippen LogP contribution >= 0.6 is 0 Å². The summed E-state index contributed by atoms with van der Waals surface area (Å²) < 4.78 is 5.27. The summed E-state index contributed by atoms with van der Waals surface area (Å²) >= 11 is 0. The van der Waals surface area contributed by atoms with Crippen LogP contribution in [0.3, 0.4) is 0 Å². The molecule has 2 heterocycles. The van der Waals surface area contributed by atoms with Gasteiger partial charge in [0.05, 0.1) is 13.5 Å². The zero-order chi connectivity index (χ0) is 17.8.